The summed E-state index contributed by atoms with van der Waals surface area (Å²) >= 11 is 11.5. The fourth-order valence-corrected chi connectivity index (χ4v) is 1.38. The summed E-state index contributed by atoms with van der Waals surface area (Å²) < 4.78 is 9.30. The standard InChI is InChI=1S/C10H8Cl2O4.Na.H/c1-6(13)16-10(14)5-15-9-3-2-7(11)4-8(9)12;;/h2-4H,5H2,1H3;;. The van der Waals surface area contributed by atoms with E-state index in [1.165, 1.54) is 12.1 Å². The molecule has 1 aromatic rings. The van der Waals surface area contributed by atoms with E-state index in [4.69, 9.17) is 27.9 Å². The second-order valence-electron chi connectivity index (χ2n) is 2.83. The molecule has 0 aromatic heterocycles. The molecule has 0 radical (unpaired) electrons. The summed E-state index contributed by atoms with van der Waals surface area (Å²) in [5, 5.41) is 0.742. The molecule has 0 atom stereocenters. The molecule has 1 rings (SSSR count). The number of rotatable bonds is 3. The Morgan fingerprint density at radius 1 is 1.29 bits per heavy atom. The first-order valence-electron chi connectivity index (χ1n) is 4.28. The van der Waals surface area contributed by atoms with Gasteiger partial charge in [-0.15, -0.1) is 0 Å². The van der Waals surface area contributed by atoms with Crippen LogP contribution in [-0.2, 0) is 14.3 Å². The van der Waals surface area contributed by atoms with Crippen LogP contribution in [0.2, 0.25) is 10.0 Å². The van der Waals surface area contributed by atoms with E-state index in [0.717, 1.165) is 6.92 Å². The summed E-state index contributed by atoms with van der Waals surface area (Å²) in [6.07, 6.45) is 0. The zero-order valence-corrected chi connectivity index (χ0v) is 9.84. The van der Waals surface area contributed by atoms with Crippen LogP contribution in [0.1, 0.15) is 6.92 Å². The molecule has 0 N–H and O–H groups in total. The average molecular weight is 287 g/mol. The van der Waals surface area contributed by atoms with E-state index < -0.39 is 11.9 Å². The molecular weight excluding hydrogens is 278 g/mol. The third-order valence-corrected chi connectivity index (χ3v) is 2.03. The topological polar surface area (TPSA) is 52.6 Å². The summed E-state index contributed by atoms with van der Waals surface area (Å²) in [7, 11) is 0. The van der Waals surface area contributed by atoms with Crippen LogP contribution in [-0.4, -0.2) is 48.1 Å². The van der Waals surface area contributed by atoms with Gasteiger partial charge in [-0.05, 0) is 18.2 Å². The molecule has 88 valence electrons. The second kappa shape index (κ2) is 7.95. The van der Waals surface area contributed by atoms with Gasteiger partial charge in [0.2, 0.25) is 0 Å². The van der Waals surface area contributed by atoms with E-state index in [9.17, 15) is 9.59 Å². The third-order valence-electron chi connectivity index (χ3n) is 1.50. The van der Waals surface area contributed by atoms with Crippen molar-refractivity contribution in [2.75, 3.05) is 6.61 Å². The van der Waals surface area contributed by atoms with E-state index in [1.807, 2.05) is 0 Å². The molecule has 0 aliphatic heterocycles. The number of hydrogen-bond acceptors (Lipinski definition) is 4. The van der Waals surface area contributed by atoms with E-state index in [-0.39, 0.29) is 41.2 Å². The van der Waals surface area contributed by atoms with Crippen molar-refractivity contribution >= 4 is 64.7 Å². The number of hydrogen-bond donors (Lipinski definition) is 0. The van der Waals surface area contributed by atoms with Gasteiger partial charge in [0.15, 0.2) is 6.61 Å². The molecule has 1 aromatic carbocycles. The monoisotopic (exact) mass is 286 g/mol. The van der Waals surface area contributed by atoms with Crippen molar-refractivity contribution in [1.82, 2.24) is 0 Å². The summed E-state index contributed by atoms with van der Waals surface area (Å²) in [5.74, 6) is -1.17. The van der Waals surface area contributed by atoms with Gasteiger partial charge in [0, 0.05) is 11.9 Å². The summed E-state index contributed by atoms with van der Waals surface area (Å²) in [5.41, 5.74) is 0. The predicted molar refractivity (Wildman–Crippen MR) is 65.9 cm³/mol. The first-order valence-corrected chi connectivity index (χ1v) is 5.03. The number of carbonyl (C=O) groups is 2. The minimum atomic E-state index is -0.779. The normalized spacial score (nSPS) is 9.12. The van der Waals surface area contributed by atoms with Gasteiger partial charge < -0.3 is 9.47 Å². The summed E-state index contributed by atoms with van der Waals surface area (Å²) in [6.45, 7) is 0.744. The maximum absolute atomic E-state index is 11.0. The first-order chi connectivity index (χ1) is 7.49. The predicted octanol–water partition coefficient (Wildman–Crippen LogP) is 1.81. The molecule has 0 spiro atoms. The maximum atomic E-state index is 11.0. The molecule has 7 heteroatoms. The van der Waals surface area contributed by atoms with Crippen LogP contribution in [0.15, 0.2) is 18.2 Å². The van der Waals surface area contributed by atoms with Crippen molar-refractivity contribution in [3.8, 4) is 5.75 Å². The summed E-state index contributed by atoms with van der Waals surface area (Å²) in [4.78, 5) is 21.4. The second-order valence-corrected chi connectivity index (χ2v) is 3.67. The quantitative estimate of drug-likeness (QED) is 0.483. The average Bonchev–Trinajstić information content (AvgIpc) is 2.15. The zero-order valence-electron chi connectivity index (χ0n) is 8.33. The van der Waals surface area contributed by atoms with Crippen LogP contribution in [0, 0.1) is 0 Å². The van der Waals surface area contributed by atoms with Crippen molar-refractivity contribution in [1.29, 1.82) is 0 Å². The molecule has 0 saturated heterocycles. The Kier molecular flexibility index (Phi) is 7.83. The third kappa shape index (κ3) is 6.29. The number of carbonyl (C=O) groups excluding carboxylic acids is 2. The molecule has 0 aliphatic rings. The SMILES string of the molecule is CC(=O)OC(=O)COc1ccc(Cl)cc1Cl.[NaH]. The summed E-state index contributed by atoms with van der Waals surface area (Å²) in [6, 6.07) is 4.57. The van der Waals surface area contributed by atoms with Gasteiger partial charge in [-0.2, -0.15) is 0 Å². The van der Waals surface area contributed by atoms with E-state index >= 15 is 0 Å². The van der Waals surface area contributed by atoms with Crippen molar-refractivity contribution in [2.45, 2.75) is 6.92 Å². The molecule has 0 unspecified atom stereocenters. The van der Waals surface area contributed by atoms with E-state index in [2.05, 4.69) is 4.74 Å². The van der Waals surface area contributed by atoms with Crippen molar-refractivity contribution in [3.63, 3.8) is 0 Å². The molecule has 0 fully saturated rings. The number of benzene rings is 1. The van der Waals surface area contributed by atoms with Gasteiger partial charge >= 0.3 is 41.5 Å². The fraction of sp³-hybridized carbons (Fsp3) is 0.200. The molecule has 0 saturated carbocycles. The first kappa shape index (κ1) is 16.7. The van der Waals surface area contributed by atoms with Crippen molar-refractivity contribution in [2.24, 2.45) is 0 Å². The van der Waals surface area contributed by atoms with Gasteiger partial charge in [0.1, 0.15) is 5.75 Å². The molecule has 0 heterocycles. The Bertz CT molecular complexity index is 423. The van der Waals surface area contributed by atoms with Crippen LogP contribution < -0.4 is 4.74 Å². The Morgan fingerprint density at radius 2 is 1.94 bits per heavy atom. The molecule has 17 heavy (non-hydrogen) atoms. The molecular formula is C10H9Cl2NaO4. The number of halogens is 2. The van der Waals surface area contributed by atoms with Crippen molar-refractivity contribution in [3.05, 3.63) is 28.2 Å². The molecule has 0 amide bonds. The van der Waals surface area contributed by atoms with Gasteiger partial charge in [0.25, 0.3) is 0 Å². The Hall–Kier alpha value is -0.260. The Balaban J connectivity index is 0.00000256. The Morgan fingerprint density at radius 3 is 2.47 bits per heavy atom. The fourth-order valence-electron chi connectivity index (χ4n) is 0.919. The van der Waals surface area contributed by atoms with Crippen LogP contribution in [0.4, 0.5) is 0 Å². The number of ether oxygens (including phenoxy) is 2. The zero-order chi connectivity index (χ0) is 12.1. The van der Waals surface area contributed by atoms with Gasteiger partial charge in [-0.3, -0.25) is 4.79 Å². The van der Waals surface area contributed by atoms with Crippen molar-refractivity contribution < 1.29 is 19.1 Å². The minimum absolute atomic E-state index is 0. The van der Waals surface area contributed by atoms with Gasteiger partial charge in [-0.25, -0.2) is 4.79 Å². The van der Waals surface area contributed by atoms with E-state index in [1.54, 1.807) is 6.07 Å². The van der Waals surface area contributed by atoms with Gasteiger partial charge in [-0.1, -0.05) is 23.2 Å². The Labute approximate surface area is 130 Å². The van der Waals surface area contributed by atoms with Crippen LogP contribution in [0.5, 0.6) is 5.75 Å². The van der Waals surface area contributed by atoms with Crippen LogP contribution >= 0.6 is 23.2 Å². The van der Waals surface area contributed by atoms with Crippen LogP contribution in [0.25, 0.3) is 0 Å². The van der Waals surface area contributed by atoms with E-state index in [0.29, 0.717) is 10.8 Å². The molecule has 0 bridgehead atoms. The van der Waals surface area contributed by atoms with Crippen LogP contribution in [0.3, 0.4) is 0 Å². The number of esters is 2. The van der Waals surface area contributed by atoms with Gasteiger partial charge in [0.05, 0.1) is 5.02 Å². The molecule has 0 aliphatic carbocycles. The molecule has 4 nitrogen and oxygen atoms in total.